The number of methoxy groups -OCH3 is 1. The Morgan fingerprint density at radius 1 is 1.18 bits per heavy atom. The number of ether oxygens (including phenoxy) is 1. The van der Waals surface area contributed by atoms with Crippen molar-refractivity contribution < 1.29 is 9.13 Å². The number of benzene rings is 2. The van der Waals surface area contributed by atoms with Gasteiger partial charge in [-0.05, 0) is 49.4 Å². The molecule has 2 aromatic heterocycles. The van der Waals surface area contributed by atoms with Crippen LogP contribution >= 0.6 is 22.9 Å². The Morgan fingerprint density at radius 2 is 1.96 bits per heavy atom. The van der Waals surface area contributed by atoms with Gasteiger partial charge >= 0.3 is 0 Å². The van der Waals surface area contributed by atoms with E-state index < -0.39 is 0 Å². The van der Waals surface area contributed by atoms with Gasteiger partial charge in [0.05, 0.1) is 17.0 Å². The van der Waals surface area contributed by atoms with Crippen molar-refractivity contribution >= 4 is 22.9 Å². The first kappa shape index (κ1) is 18.7. The first-order valence-electron chi connectivity index (χ1n) is 8.63. The summed E-state index contributed by atoms with van der Waals surface area (Å²) in [6.45, 7) is 1.96. The van der Waals surface area contributed by atoms with Crippen LogP contribution in [0, 0.1) is 12.7 Å². The lowest BCUT2D eigenvalue weighted by Crippen LogP contribution is -2.03. The molecule has 7 heteroatoms. The molecule has 0 saturated heterocycles. The van der Waals surface area contributed by atoms with E-state index in [2.05, 4.69) is 4.98 Å². The van der Waals surface area contributed by atoms with E-state index in [1.165, 1.54) is 12.1 Å². The third-order valence-corrected chi connectivity index (χ3v) is 5.54. The van der Waals surface area contributed by atoms with Gasteiger partial charge in [0.2, 0.25) is 0 Å². The topological polar surface area (TPSA) is 39.9 Å². The van der Waals surface area contributed by atoms with E-state index in [1.807, 2.05) is 48.1 Å². The maximum atomic E-state index is 13.8. The number of hydrogen-bond donors (Lipinski definition) is 0. The number of halogens is 2. The van der Waals surface area contributed by atoms with Crippen molar-refractivity contribution in [3.8, 4) is 22.0 Å². The van der Waals surface area contributed by atoms with Gasteiger partial charge in [-0.1, -0.05) is 11.6 Å². The molecule has 4 aromatic rings. The minimum atomic E-state index is -0.307. The average molecular weight is 414 g/mol. The minimum absolute atomic E-state index is 0.307. The molecule has 2 aromatic carbocycles. The largest absolute Gasteiger partial charge is 0.496 e. The van der Waals surface area contributed by atoms with Gasteiger partial charge < -0.3 is 9.30 Å². The van der Waals surface area contributed by atoms with Crippen LogP contribution in [0.2, 0.25) is 5.02 Å². The average Bonchev–Trinajstić information content (AvgIpc) is 3.29. The molecule has 2 heterocycles. The molecule has 0 amide bonds. The molecule has 0 N–H and O–H groups in total. The highest BCUT2D eigenvalue weighted by Crippen LogP contribution is 2.29. The number of nitrogens with zero attached hydrogens (tertiary/aromatic N) is 3. The van der Waals surface area contributed by atoms with Crippen LogP contribution in [-0.4, -0.2) is 21.6 Å². The highest BCUT2D eigenvalue weighted by atomic mass is 35.5. The zero-order valence-electron chi connectivity index (χ0n) is 15.3. The van der Waals surface area contributed by atoms with E-state index in [-0.39, 0.29) is 5.82 Å². The van der Waals surface area contributed by atoms with E-state index in [1.54, 1.807) is 24.5 Å². The third-order valence-electron chi connectivity index (χ3n) is 4.35. The second-order valence-electron chi connectivity index (χ2n) is 6.27. The van der Waals surface area contributed by atoms with E-state index in [4.69, 9.17) is 21.3 Å². The molecule has 28 heavy (non-hydrogen) atoms. The SMILES string of the molecule is COc1ccc(F)cc1Cc1nc(-c2cnc(C)s2)cn1-c1ccc(Cl)cc1. The first-order valence-corrected chi connectivity index (χ1v) is 9.82. The molecule has 0 aliphatic heterocycles. The van der Waals surface area contributed by atoms with Crippen molar-refractivity contribution in [1.82, 2.24) is 14.5 Å². The molecule has 0 bridgehead atoms. The van der Waals surface area contributed by atoms with Gasteiger partial charge in [0.1, 0.15) is 23.1 Å². The Morgan fingerprint density at radius 3 is 2.64 bits per heavy atom. The van der Waals surface area contributed by atoms with Crippen LogP contribution in [0.1, 0.15) is 16.4 Å². The number of hydrogen-bond acceptors (Lipinski definition) is 4. The molecule has 4 nitrogen and oxygen atoms in total. The van der Waals surface area contributed by atoms with Gasteiger partial charge in [-0.3, -0.25) is 0 Å². The lowest BCUT2D eigenvalue weighted by atomic mass is 10.1. The van der Waals surface area contributed by atoms with Crippen LogP contribution in [0.15, 0.2) is 54.9 Å². The van der Waals surface area contributed by atoms with Gasteiger partial charge in [-0.2, -0.15) is 0 Å². The van der Waals surface area contributed by atoms with Gasteiger partial charge in [-0.15, -0.1) is 11.3 Å². The quantitative estimate of drug-likeness (QED) is 0.421. The van der Waals surface area contributed by atoms with Crippen LogP contribution in [-0.2, 0) is 6.42 Å². The highest BCUT2D eigenvalue weighted by molar-refractivity contribution is 7.15. The normalized spacial score (nSPS) is 11.0. The van der Waals surface area contributed by atoms with E-state index in [0.29, 0.717) is 17.2 Å². The Kier molecular flexibility index (Phi) is 5.15. The van der Waals surface area contributed by atoms with Crippen LogP contribution in [0.4, 0.5) is 4.39 Å². The summed E-state index contributed by atoms with van der Waals surface area (Å²) >= 11 is 7.62. The smallest absolute Gasteiger partial charge is 0.123 e. The molecule has 0 unspecified atom stereocenters. The summed E-state index contributed by atoms with van der Waals surface area (Å²) < 4.78 is 21.2. The first-order chi connectivity index (χ1) is 13.5. The van der Waals surface area contributed by atoms with Crippen LogP contribution in [0.5, 0.6) is 5.75 Å². The van der Waals surface area contributed by atoms with Crippen molar-refractivity contribution in [2.75, 3.05) is 7.11 Å². The van der Waals surface area contributed by atoms with Crippen LogP contribution < -0.4 is 4.74 Å². The maximum Gasteiger partial charge on any atom is 0.123 e. The minimum Gasteiger partial charge on any atom is -0.496 e. The maximum absolute atomic E-state index is 13.8. The van der Waals surface area contributed by atoms with E-state index >= 15 is 0 Å². The summed E-state index contributed by atoms with van der Waals surface area (Å²) in [6, 6.07) is 12.0. The number of imidazole rings is 1. The molecule has 0 atom stereocenters. The van der Waals surface area contributed by atoms with Crippen molar-refractivity contribution in [1.29, 1.82) is 0 Å². The van der Waals surface area contributed by atoms with E-state index in [0.717, 1.165) is 32.7 Å². The fourth-order valence-corrected chi connectivity index (χ4v) is 3.88. The van der Waals surface area contributed by atoms with Crippen LogP contribution in [0.25, 0.3) is 16.3 Å². The second kappa shape index (κ2) is 7.73. The van der Waals surface area contributed by atoms with Crippen LogP contribution in [0.3, 0.4) is 0 Å². The summed E-state index contributed by atoms with van der Waals surface area (Å²) in [6.07, 6.45) is 4.21. The number of rotatable bonds is 5. The van der Waals surface area contributed by atoms with E-state index in [9.17, 15) is 4.39 Å². The summed E-state index contributed by atoms with van der Waals surface area (Å²) in [5.74, 6) is 1.09. The number of thiazole rings is 1. The Labute approximate surface area is 171 Å². The fraction of sp³-hybridized carbons (Fsp3) is 0.143. The summed E-state index contributed by atoms with van der Waals surface area (Å²) in [7, 11) is 1.58. The number of aryl methyl sites for hydroxylation is 1. The predicted molar refractivity (Wildman–Crippen MR) is 110 cm³/mol. The summed E-state index contributed by atoms with van der Waals surface area (Å²) in [5.41, 5.74) is 2.48. The fourth-order valence-electron chi connectivity index (χ4n) is 3.02. The molecule has 0 fully saturated rings. The Hall–Kier alpha value is -2.70. The predicted octanol–water partition coefficient (Wildman–Crippen LogP) is 5.70. The Bertz CT molecular complexity index is 1120. The van der Waals surface area contributed by atoms with Gasteiger partial charge in [0.15, 0.2) is 0 Å². The summed E-state index contributed by atoms with van der Waals surface area (Å²) in [4.78, 5) is 10.1. The molecule has 0 aliphatic rings. The molecule has 142 valence electrons. The molecular weight excluding hydrogens is 397 g/mol. The third kappa shape index (κ3) is 3.79. The van der Waals surface area contributed by atoms with Crippen molar-refractivity contribution in [3.05, 3.63) is 82.1 Å². The standard InChI is InChI=1S/C21H17ClFN3OS/c1-13-24-11-20(28-13)18-12-26(17-6-3-15(22)4-7-17)21(25-18)10-14-9-16(23)5-8-19(14)27-2/h3-9,11-12H,10H2,1-2H3. The van der Waals surface area contributed by atoms with Crippen molar-refractivity contribution in [2.24, 2.45) is 0 Å². The summed E-state index contributed by atoms with van der Waals surface area (Å²) in [5, 5.41) is 1.64. The molecule has 0 radical (unpaired) electrons. The molecular formula is C21H17ClFN3OS. The zero-order chi connectivity index (χ0) is 19.7. The zero-order valence-corrected chi connectivity index (χ0v) is 16.9. The lowest BCUT2D eigenvalue weighted by molar-refractivity contribution is 0.409. The second-order valence-corrected chi connectivity index (χ2v) is 7.94. The van der Waals surface area contributed by atoms with Gasteiger partial charge in [-0.25, -0.2) is 14.4 Å². The van der Waals surface area contributed by atoms with Crippen molar-refractivity contribution in [3.63, 3.8) is 0 Å². The lowest BCUT2D eigenvalue weighted by Gasteiger charge is -2.11. The number of aromatic nitrogens is 3. The monoisotopic (exact) mass is 413 g/mol. The molecule has 0 saturated carbocycles. The highest BCUT2D eigenvalue weighted by Gasteiger charge is 2.16. The molecule has 4 rings (SSSR count). The van der Waals surface area contributed by atoms with Gasteiger partial charge in [0, 0.05) is 35.1 Å². The Balaban J connectivity index is 1.81. The molecule has 0 aliphatic carbocycles. The van der Waals surface area contributed by atoms with Crippen molar-refractivity contribution in [2.45, 2.75) is 13.3 Å². The van der Waals surface area contributed by atoms with Gasteiger partial charge in [0.25, 0.3) is 0 Å². The molecule has 0 spiro atoms.